The zero-order valence-electron chi connectivity index (χ0n) is 2.62. The van der Waals surface area contributed by atoms with Gasteiger partial charge >= 0.3 is 0 Å². The molecule has 0 aromatic rings. The van der Waals surface area contributed by atoms with Crippen molar-refractivity contribution in [3.63, 3.8) is 0 Å². The van der Waals surface area contributed by atoms with E-state index in [0.717, 1.165) is 0 Å². The standard InChI is InChI=1S/C2HCl3O.CH4/c3-2(4,5)1-6;/h1H;1H4. The second-order valence-electron chi connectivity index (χ2n) is 0.659. The Balaban J connectivity index is 0. The highest BCUT2D eigenvalue weighted by atomic mass is 35.6. The molecule has 0 unspecified atom stereocenters. The van der Waals surface area contributed by atoms with Crippen molar-refractivity contribution in [2.45, 2.75) is 11.2 Å². The van der Waals surface area contributed by atoms with E-state index in [0.29, 0.717) is 0 Å². The lowest BCUT2D eigenvalue weighted by Crippen LogP contribution is -2.00. The second-order valence-corrected chi connectivity index (χ2v) is 3.03. The lowest BCUT2D eigenvalue weighted by Gasteiger charge is -1.93. The van der Waals surface area contributed by atoms with Gasteiger partial charge in [-0.3, -0.25) is 4.79 Å². The normalized spacial score (nSPS) is 9.57. The largest absolute Gasteiger partial charge is 0.299 e. The number of hydrogen-bond acceptors (Lipinski definition) is 1. The molecule has 44 valence electrons. The Morgan fingerprint density at radius 2 is 1.43 bits per heavy atom. The highest BCUT2D eigenvalue weighted by molar-refractivity contribution is 6.74. The molecule has 0 aromatic heterocycles. The third kappa shape index (κ3) is 10.8. The van der Waals surface area contributed by atoms with Gasteiger partial charge in [0.25, 0.3) is 0 Å². The van der Waals surface area contributed by atoms with Crippen molar-refractivity contribution in [1.82, 2.24) is 0 Å². The zero-order valence-corrected chi connectivity index (χ0v) is 4.89. The minimum atomic E-state index is -1.72. The lowest BCUT2D eigenvalue weighted by molar-refractivity contribution is -0.107. The summed E-state index contributed by atoms with van der Waals surface area (Å²) in [5.74, 6) is 0. The van der Waals surface area contributed by atoms with E-state index in [-0.39, 0.29) is 13.7 Å². The zero-order chi connectivity index (χ0) is 5.21. The molecule has 0 bridgehead atoms. The van der Waals surface area contributed by atoms with Crippen LogP contribution in [0.1, 0.15) is 7.43 Å². The van der Waals surface area contributed by atoms with Crippen molar-refractivity contribution in [1.29, 1.82) is 0 Å². The molecular formula is C3H5Cl3O. The minimum Gasteiger partial charge on any atom is -0.299 e. The van der Waals surface area contributed by atoms with Crippen molar-refractivity contribution < 1.29 is 4.79 Å². The maximum Gasteiger partial charge on any atom is 0.245 e. The summed E-state index contributed by atoms with van der Waals surface area (Å²) in [6.45, 7) is 0. The first kappa shape index (κ1) is 10.5. The summed E-state index contributed by atoms with van der Waals surface area (Å²) in [6.07, 6.45) is 0.234. The molecule has 0 aromatic carbocycles. The maximum absolute atomic E-state index is 9.43. The summed E-state index contributed by atoms with van der Waals surface area (Å²) in [5, 5.41) is 0. The summed E-state index contributed by atoms with van der Waals surface area (Å²) in [7, 11) is 0. The summed E-state index contributed by atoms with van der Waals surface area (Å²) in [5.41, 5.74) is 0. The quantitative estimate of drug-likeness (QED) is 0.395. The Morgan fingerprint density at radius 3 is 1.43 bits per heavy atom. The fourth-order valence-electron chi connectivity index (χ4n) is 0. The molecule has 0 radical (unpaired) electrons. The monoisotopic (exact) mass is 162 g/mol. The van der Waals surface area contributed by atoms with E-state index in [9.17, 15) is 4.79 Å². The van der Waals surface area contributed by atoms with Gasteiger partial charge in [0, 0.05) is 0 Å². The molecule has 0 amide bonds. The molecule has 0 aliphatic rings. The van der Waals surface area contributed by atoms with E-state index in [2.05, 4.69) is 0 Å². The van der Waals surface area contributed by atoms with Crippen LogP contribution in [0.2, 0.25) is 0 Å². The second kappa shape index (κ2) is 3.53. The molecule has 0 saturated carbocycles. The lowest BCUT2D eigenvalue weighted by atomic mass is 10.9. The van der Waals surface area contributed by atoms with Gasteiger partial charge < -0.3 is 0 Å². The van der Waals surface area contributed by atoms with Gasteiger partial charge in [0.1, 0.15) is 0 Å². The van der Waals surface area contributed by atoms with Gasteiger partial charge in [-0.15, -0.1) is 0 Å². The van der Waals surface area contributed by atoms with Crippen LogP contribution in [-0.2, 0) is 4.79 Å². The van der Waals surface area contributed by atoms with Crippen LogP contribution in [0.4, 0.5) is 0 Å². The molecule has 0 aliphatic carbocycles. The molecule has 0 rings (SSSR count). The Labute approximate surface area is 57.5 Å². The average Bonchev–Trinajstić information content (AvgIpc) is 1.35. The first-order valence-corrected chi connectivity index (χ1v) is 2.23. The van der Waals surface area contributed by atoms with Crippen LogP contribution in [0.25, 0.3) is 0 Å². The third-order valence-corrected chi connectivity index (χ3v) is 0.401. The Bertz CT molecular complexity index is 55.7. The van der Waals surface area contributed by atoms with Crippen LogP contribution in [-0.4, -0.2) is 10.1 Å². The Hall–Kier alpha value is 0.540. The van der Waals surface area contributed by atoms with Gasteiger partial charge in [0.15, 0.2) is 6.29 Å². The SMILES string of the molecule is C.O=CC(Cl)(Cl)Cl. The number of aldehydes is 1. The maximum atomic E-state index is 9.43. The molecule has 0 saturated heterocycles. The predicted molar refractivity (Wildman–Crippen MR) is 33.1 cm³/mol. The summed E-state index contributed by atoms with van der Waals surface area (Å²) in [4.78, 5) is 9.43. The third-order valence-electron chi connectivity index (χ3n) is 0.134. The number of carbonyl (C=O) groups excluding carboxylic acids is 1. The minimum absolute atomic E-state index is 0. The molecule has 0 spiro atoms. The van der Waals surface area contributed by atoms with Crippen LogP contribution in [0.5, 0.6) is 0 Å². The molecule has 0 aliphatic heterocycles. The van der Waals surface area contributed by atoms with E-state index in [1.54, 1.807) is 0 Å². The van der Waals surface area contributed by atoms with Gasteiger partial charge in [-0.1, -0.05) is 42.2 Å². The van der Waals surface area contributed by atoms with Crippen molar-refractivity contribution in [3.8, 4) is 0 Å². The topological polar surface area (TPSA) is 17.1 Å². The van der Waals surface area contributed by atoms with Crippen LogP contribution >= 0.6 is 34.8 Å². The first-order valence-electron chi connectivity index (χ1n) is 1.09. The van der Waals surface area contributed by atoms with Gasteiger partial charge in [-0.05, 0) is 0 Å². The highest BCUT2D eigenvalue weighted by Gasteiger charge is 2.16. The van der Waals surface area contributed by atoms with Crippen molar-refractivity contribution >= 4 is 41.1 Å². The van der Waals surface area contributed by atoms with Gasteiger partial charge in [0.2, 0.25) is 3.79 Å². The van der Waals surface area contributed by atoms with E-state index < -0.39 is 3.79 Å². The van der Waals surface area contributed by atoms with Gasteiger partial charge in [0.05, 0.1) is 0 Å². The molecule has 4 heteroatoms. The van der Waals surface area contributed by atoms with Gasteiger partial charge in [-0.2, -0.15) is 0 Å². The molecule has 0 N–H and O–H groups in total. The van der Waals surface area contributed by atoms with Crippen molar-refractivity contribution in [2.75, 3.05) is 0 Å². The molecule has 0 heterocycles. The predicted octanol–water partition coefficient (Wildman–Crippen LogP) is 2.19. The van der Waals surface area contributed by atoms with Crippen LogP contribution in [0.3, 0.4) is 0 Å². The van der Waals surface area contributed by atoms with E-state index in [4.69, 9.17) is 34.8 Å². The molecule has 0 atom stereocenters. The van der Waals surface area contributed by atoms with Crippen molar-refractivity contribution in [2.24, 2.45) is 0 Å². The van der Waals surface area contributed by atoms with E-state index in [1.165, 1.54) is 0 Å². The van der Waals surface area contributed by atoms with Crippen LogP contribution in [0.15, 0.2) is 0 Å². The van der Waals surface area contributed by atoms with Gasteiger partial charge in [-0.25, -0.2) is 0 Å². The van der Waals surface area contributed by atoms with Crippen LogP contribution in [0, 0.1) is 0 Å². The summed E-state index contributed by atoms with van der Waals surface area (Å²) < 4.78 is -1.72. The average molecular weight is 163 g/mol. The van der Waals surface area contributed by atoms with Crippen molar-refractivity contribution in [3.05, 3.63) is 0 Å². The molecular weight excluding hydrogens is 158 g/mol. The number of alkyl halides is 3. The Kier molecular flexibility index (Phi) is 5.30. The van der Waals surface area contributed by atoms with Crippen LogP contribution < -0.4 is 0 Å². The molecule has 0 fully saturated rings. The first-order chi connectivity index (χ1) is 2.56. The fraction of sp³-hybridized carbons (Fsp3) is 0.667. The number of halogens is 3. The molecule has 7 heavy (non-hydrogen) atoms. The smallest absolute Gasteiger partial charge is 0.245 e. The van der Waals surface area contributed by atoms with E-state index >= 15 is 0 Å². The Morgan fingerprint density at radius 1 is 1.29 bits per heavy atom. The fourth-order valence-corrected chi connectivity index (χ4v) is 0. The number of rotatable bonds is 0. The summed E-state index contributed by atoms with van der Waals surface area (Å²) >= 11 is 14.6. The number of carbonyl (C=O) groups is 1. The summed E-state index contributed by atoms with van der Waals surface area (Å²) in [6, 6.07) is 0. The van der Waals surface area contributed by atoms with E-state index in [1.807, 2.05) is 0 Å². The highest BCUT2D eigenvalue weighted by Crippen LogP contribution is 2.21. The number of hydrogen-bond donors (Lipinski definition) is 0. The molecule has 1 nitrogen and oxygen atoms in total.